The van der Waals surface area contributed by atoms with Crippen LogP contribution in [0.15, 0.2) is 0 Å². The maximum atomic E-state index is 3.71. The summed E-state index contributed by atoms with van der Waals surface area (Å²) in [4.78, 5) is 2.83. The van der Waals surface area contributed by atoms with Gasteiger partial charge in [-0.05, 0) is 51.5 Å². The molecule has 1 aliphatic heterocycles. The van der Waals surface area contributed by atoms with Crippen molar-refractivity contribution in [2.75, 3.05) is 13.1 Å². The van der Waals surface area contributed by atoms with Crippen LogP contribution in [0.1, 0.15) is 58.3 Å². The number of rotatable bonds is 6. The summed E-state index contributed by atoms with van der Waals surface area (Å²) in [5.41, 5.74) is 0. The van der Waals surface area contributed by atoms with Gasteiger partial charge < -0.3 is 5.32 Å². The van der Waals surface area contributed by atoms with Gasteiger partial charge in [-0.2, -0.15) is 0 Å². The Balaban J connectivity index is 1.50. The predicted octanol–water partition coefficient (Wildman–Crippen LogP) is 2.78. The van der Waals surface area contributed by atoms with Crippen LogP contribution in [0.2, 0.25) is 0 Å². The molecule has 0 aromatic carbocycles. The minimum Gasteiger partial charge on any atom is -0.313 e. The van der Waals surface area contributed by atoms with Crippen molar-refractivity contribution < 1.29 is 0 Å². The zero-order chi connectivity index (χ0) is 11.7. The molecular formula is C15H28N2. The lowest BCUT2D eigenvalue weighted by atomic mass is 10.0. The van der Waals surface area contributed by atoms with Gasteiger partial charge >= 0.3 is 0 Å². The summed E-state index contributed by atoms with van der Waals surface area (Å²) in [5.74, 6) is 1.07. The molecular weight excluding hydrogens is 208 g/mol. The van der Waals surface area contributed by atoms with Gasteiger partial charge in [-0.25, -0.2) is 0 Å². The smallest absolute Gasteiger partial charge is 0.0195 e. The molecule has 2 nitrogen and oxygen atoms in total. The second-order valence-electron chi connectivity index (χ2n) is 6.60. The molecule has 0 radical (unpaired) electrons. The first-order chi connectivity index (χ1) is 8.33. The van der Waals surface area contributed by atoms with Crippen molar-refractivity contribution in [2.45, 2.75) is 76.4 Å². The van der Waals surface area contributed by atoms with Crippen molar-refractivity contribution in [3.8, 4) is 0 Å². The summed E-state index contributed by atoms with van der Waals surface area (Å²) in [6.07, 6.45) is 11.6. The van der Waals surface area contributed by atoms with Gasteiger partial charge in [0.25, 0.3) is 0 Å². The van der Waals surface area contributed by atoms with Crippen molar-refractivity contribution >= 4 is 0 Å². The van der Waals surface area contributed by atoms with Gasteiger partial charge in [0.15, 0.2) is 0 Å². The molecule has 1 heterocycles. The Kier molecular flexibility index (Phi) is 3.72. The van der Waals surface area contributed by atoms with Crippen LogP contribution >= 0.6 is 0 Å². The highest BCUT2D eigenvalue weighted by Crippen LogP contribution is 2.37. The minimum atomic E-state index is 0.783. The number of hydrogen-bond acceptors (Lipinski definition) is 2. The van der Waals surface area contributed by atoms with Crippen molar-refractivity contribution in [3.63, 3.8) is 0 Å². The van der Waals surface area contributed by atoms with E-state index in [0.29, 0.717) is 0 Å². The van der Waals surface area contributed by atoms with Crippen LogP contribution in [0.5, 0.6) is 0 Å². The fourth-order valence-electron chi connectivity index (χ4n) is 3.40. The molecule has 0 amide bonds. The van der Waals surface area contributed by atoms with E-state index in [9.17, 15) is 0 Å². The van der Waals surface area contributed by atoms with E-state index in [1.54, 1.807) is 0 Å². The molecule has 17 heavy (non-hydrogen) atoms. The molecule has 0 aromatic heterocycles. The van der Waals surface area contributed by atoms with E-state index in [4.69, 9.17) is 0 Å². The largest absolute Gasteiger partial charge is 0.313 e. The molecule has 2 atom stereocenters. The summed E-state index contributed by atoms with van der Waals surface area (Å²) in [5, 5.41) is 3.71. The highest BCUT2D eigenvalue weighted by Gasteiger charge is 2.35. The molecule has 0 bridgehead atoms. The third kappa shape index (κ3) is 3.45. The van der Waals surface area contributed by atoms with E-state index < -0.39 is 0 Å². The topological polar surface area (TPSA) is 15.3 Å². The van der Waals surface area contributed by atoms with Crippen LogP contribution < -0.4 is 5.32 Å². The predicted molar refractivity (Wildman–Crippen MR) is 72.2 cm³/mol. The first-order valence-corrected chi connectivity index (χ1v) is 7.82. The molecule has 3 fully saturated rings. The van der Waals surface area contributed by atoms with E-state index in [-0.39, 0.29) is 0 Å². The normalized spacial score (nSPS) is 31.8. The number of nitrogens with one attached hydrogen (secondary N) is 1. The van der Waals surface area contributed by atoms with Crippen LogP contribution in [0.3, 0.4) is 0 Å². The molecule has 1 saturated heterocycles. The fraction of sp³-hybridized carbons (Fsp3) is 1.00. The SMILES string of the molecule is CC(CC1CC1)N(CC1CCCCN1)C1CC1. The molecule has 1 N–H and O–H groups in total. The highest BCUT2D eigenvalue weighted by atomic mass is 15.2. The van der Waals surface area contributed by atoms with Gasteiger partial charge in [0.2, 0.25) is 0 Å². The van der Waals surface area contributed by atoms with E-state index in [0.717, 1.165) is 24.0 Å². The Morgan fingerprint density at radius 2 is 1.94 bits per heavy atom. The summed E-state index contributed by atoms with van der Waals surface area (Å²) >= 11 is 0. The average Bonchev–Trinajstić information content (AvgIpc) is 3.21. The van der Waals surface area contributed by atoms with Gasteiger partial charge in [0.05, 0.1) is 0 Å². The van der Waals surface area contributed by atoms with E-state index >= 15 is 0 Å². The summed E-state index contributed by atoms with van der Waals surface area (Å²) in [6.45, 7) is 5.04. The third-order valence-corrected chi connectivity index (χ3v) is 4.80. The number of hydrogen-bond donors (Lipinski definition) is 1. The fourth-order valence-corrected chi connectivity index (χ4v) is 3.40. The first-order valence-electron chi connectivity index (χ1n) is 7.82. The Morgan fingerprint density at radius 1 is 1.12 bits per heavy atom. The summed E-state index contributed by atoms with van der Waals surface area (Å²) < 4.78 is 0. The van der Waals surface area contributed by atoms with Gasteiger partial charge in [0, 0.05) is 24.7 Å². The quantitative estimate of drug-likeness (QED) is 0.763. The van der Waals surface area contributed by atoms with Crippen LogP contribution in [0.25, 0.3) is 0 Å². The summed E-state index contributed by atoms with van der Waals surface area (Å²) in [7, 11) is 0. The van der Waals surface area contributed by atoms with Crippen molar-refractivity contribution in [1.29, 1.82) is 0 Å². The van der Waals surface area contributed by atoms with Crippen LogP contribution in [0, 0.1) is 5.92 Å². The Labute approximate surface area is 106 Å². The average molecular weight is 236 g/mol. The third-order valence-electron chi connectivity index (χ3n) is 4.80. The maximum absolute atomic E-state index is 3.71. The second kappa shape index (κ2) is 5.27. The second-order valence-corrected chi connectivity index (χ2v) is 6.60. The molecule has 2 saturated carbocycles. The molecule has 0 aromatic rings. The number of nitrogens with zero attached hydrogens (tertiary/aromatic N) is 1. The number of piperidine rings is 1. The summed E-state index contributed by atoms with van der Waals surface area (Å²) in [6, 6.07) is 2.55. The molecule has 3 aliphatic rings. The van der Waals surface area contributed by atoms with Gasteiger partial charge in [-0.3, -0.25) is 4.90 Å². The molecule has 2 unspecified atom stereocenters. The molecule has 2 aliphatic carbocycles. The first kappa shape index (κ1) is 12.0. The Morgan fingerprint density at radius 3 is 2.53 bits per heavy atom. The van der Waals surface area contributed by atoms with E-state index in [1.165, 1.54) is 64.5 Å². The lowest BCUT2D eigenvalue weighted by Crippen LogP contribution is -2.47. The lowest BCUT2D eigenvalue weighted by molar-refractivity contribution is 0.155. The Bertz CT molecular complexity index is 239. The Hall–Kier alpha value is -0.0800. The van der Waals surface area contributed by atoms with Crippen LogP contribution in [0.4, 0.5) is 0 Å². The van der Waals surface area contributed by atoms with Crippen LogP contribution in [-0.4, -0.2) is 36.1 Å². The van der Waals surface area contributed by atoms with Crippen LogP contribution in [-0.2, 0) is 0 Å². The highest BCUT2D eigenvalue weighted by molar-refractivity contribution is 4.92. The van der Waals surface area contributed by atoms with Gasteiger partial charge in [0.1, 0.15) is 0 Å². The monoisotopic (exact) mass is 236 g/mol. The molecule has 2 heteroatoms. The van der Waals surface area contributed by atoms with Crippen molar-refractivity contribution in [1.82, 2.24) is 10.2 Å². The molecule has 0 spiro atoms. The molecule has 3 rings (SSSR count). The maximum Gasteiger partial charge on any atom is 0.0195 e. The standard InChI is InChI=1S/C15H28N2/c1-12(10-13-5-6-13)17(15-7-8-15)11-14-4-2-3-9-16-14/h12-16H,2-11H2,1H3. The van der Waals surface area contributed by atoms with E-state index in [2.05, 4.69) is 17.1 Å². The van der Waals surface area contributed by atoms with Crippen molar-refractivity contribution in [3.05, 3.63) is 0 Å². The minimum absolute atomic E-state index is 0.783. The van der Waals surface area contributed by atoms with Crippen molar-refractivity contribution in [2.24, 2.45) is 5.92 Å². The van der Waals surface area contributed by atoms with Gasteiger partial charge in [-0.15, -0.1) is 0 Å². The zero-order valence-corrected chi connectivity index (χ0v) is 11.3. The lowest BCUT2D eigenvalue weighted by Gasteiger charge is -2.34. The van der Waals surface area contributed by atoms with Gasteiger partial charge in [-0.1, -0.05) is 19.3 Å². The molecule has 98 valence electrons. The zero-order valence-electron chi connectivity index (χ0n) is 11.3. The van der Waals surface area contributed by atoms with E-state index in [1.807, 2.05) is 0 Å².